The highest BCUT2D eigenvalue weighted by Crippen LogP contribution is 2.27. The van der Waals surface area contributed by atoms with Gasteiger partial charge in [-0.3, -0.25) is 15.0 Å². The molecule has 110 valence electrons. The van der Waals surface area contributed by atoms with Crippen LogP contribution in [0.1, 0.15) is 5.56 Å². The molecule has 22 heavy (non-hydrogen) atoms. The number of azo groups is 1. The molecule has 0 bridgehead atoms. The molecule has 0 radical (unpaired) electrons. The third-order valence-electron chi connectivity index (χ3n) is 3.23. The van der Waals surface area contributed by atoms with Crippen molar-refractivity contribution in [1.29, 1.82) is 0 Å². The van der Waals surface area contributed by atoms with E-state index >= 15 is 0 Å². The van der Waals surface area contributed by atoms with E-state index in [4.69, 9.17) is 5.73 Å². The first-order valence-corrected chi connectivity index (χ1v) is 6.78. The fourth-order valence-electron chi connectivity index (χ4n) is 2.07. The SMILES string of the molecule is Cc1ccc(N=Nc2c(-c3cccc(N)c3)[nH][nH]c2=O)cc1. The Morgan fingerprint density at radius 2 is 1.77 bits per heavy atom. The number of rotatable bonds is 3. The smallest absolute Gasteiger partial charge is 0.292 e. The molecule has 3 rings (SSSR count). The lowest BCUT2D eigenvalue weighted by atomic mass is 10.1. The molecule has 0 saturated heterocycles. The number of hydrogen-bond acceptors (Lipinski definition) is 4. The van der Waals surface area contributed by atoms with Crippen molar-refractivity contribution < 1.29 is 0 Å². The maximum absolute atomic E-state index is 11.9. The van der Waals surface area contributed by atoms with Crippen LogP contribution in [-0.2, 0) is 0 Å². The Bertz CT molecular complexity index is 874. The van der Waals surface area contributed by atoms with Crippen molar-refractivity contribution in [2.45, 2.75) is 6.92 Å². The predicted octanol–water partition coefficient (Wildman–Crippen LogP) is 3.68. The average molecular weight is 293 g/mol. The van der Waals surface area contributed by atoms with Crippen molar-refractivity contribution in [1.82, 2.24) is 10.2 Å². The number of aryl methyl sites for hydroxylation is 1. The highest BCUT2D eigenvalue weighted by molar-refractivity contribution is 5.73. The molecular weight excluding hydrogens is 278 g/mol. The van der Waals surface area contributed by atoms with Crippen molar-refractivity contribution in [3.63, 3.8) is 0 Å². The third-order valence-corrected chi connectivity index (χ3v) is 3.23. The zero-order chi connectivity index (χ0) is 15.5. The van der Waals surface area contributed by atoms with Crippen LogP contribution in [0, 0.1) is 6.92 Å². The number of H-pyrrole nitrogens is 2. The average Bonchev–Trinajstić information content (AvgIpc) is 2.88. The standard InChI is InChI=1S/C16H15N5O/c1-10-5-7-13(8-6-10)18-20-15-14(19-21-16(15)22)11-3-2-4-12(17)9-11/h2-9H,17H2,1H3,(H2,19,21,22). The third kappa shape index (κ3) is 2.80. The highest BCUT2D eigenvalue weighted by Gasteiger charge is 2.11. The first kappa shape index (κ1) is 13.8. The molecule has 0 unspecified atom stereocenters. The summed E-state index contributed by atoms with van der Waals surface area (Å²) in [6.07, 6.45) is 0. The van der Waals surface area contributed by atoms with Gasteiger partial charge in [-0.05, 0) is 31.2 Å². The quantitative estimate of drug-likeness (QED) is 0.507. The molecule has 6 nitrogen and oxygen atoms in total. The molecule has 0 aliphatic rings. The molecule has 0 saturated carbocycles. The largest absolute Gasteiger partial charge is 0.399 e. The molecular formula is C16H15N5O. The molecule has 0 aliphatic carbocycles. The summed E-state index contributed by atoms with van der Waals surface area (Å²) in [7, 11) is 0. The lowest BCUT2D eigenvalue weighted by Gasteiger charge is -2.00. The van der Waals surface area contributed by atoms with E-state index in [1.165, 1.54) is 0 Å². The summed E-state index contributed by atoms with van der Waals surface area (Å²) in [5, 5.41) is 13.5. The normalized spacial score (nSPS) is 11.1. The molecule has 6 heteroatoms. The molecule has 1 aromatic heterocycles. The summed E-state index contributed by atoms with van der Waals surface area (Å²) < 4.78 is 0. The molecule has 0 amide bonds. The maximum atomic E-state index is 11.9. The van der Waals surface area contributed by atoms with Gasteiger partial charge >= 0.3 is 0 Å². The molecule has 3 aromatic rings. The molecule has 0 atom stereocenters. The lowest BCUT2D eigenvalue weighted by molar-refractivity contribution is 1.06. The van der Waals surface area contributed by atoms with Crippen LogP contribution < -0.4 is 11.3 Å². The highest BCUT2D eigenvalue weighted by atomic mass is 16.1. The summed E-state index contributed by atoms with van der Waals surface area (Å²) in [4.78, 5) is 11.9. The maximum Gasteiger partial charge on any atom is 0.292 e. The topological polar surface area (TPSA) is 99.4 Å². The summed E-state index contributed by atoms with van der Waals surface area (Å²) >= 11 is 0. The number of anilines is 1. The van der Waals surface area contributed by atoms with Crippen molar-refractivity contribution in [3.05, 3.63) is 64.4 Å². The predicted molar refractivity (Wildman–Crippen MR) is 86.6 cm³/mol. The number of aromatic amines is 2. The van der Waals surface area contributed by atoms with Crippen LogP contribution in [0.3, 0.4) is 0 Å². The van der Waals surface area contributed by atoms with Crippen LogP contribution in [0.2, 0.25) is 0 Å². The Kier molecular flexibility index (Phi) is 3.57. The van der Waals surface area contributed by atoms with E-state index in [0.29, 0.717) is 17.1 Å². The van der Waals surface area contributed by atoms with E-state index < -0.39 is 0 Å². The zero-order valence-electron chi connectivity index (χ0n) is 12.0. The van der Waals surface area contributed by atoms with Crippen molar-refractivity contribution in [2.24, 2.45) is 10.2 Å². The van der Waals surface area contributed by atoms with Crippen LogP contribution in [-0.4, -0.2) is 10.2 Å². The van der Waals surface area contributed by atoms with Gasteiger partial charge in [0.05, 0.1) is 11.4 Å². The van der Waals surface area contributed by atoms with Gasteiger partial charge in [-0.2, -0.15) is 5.11 Å². The van der Waals surface area contributed by atoms with Crippen molar-refractivity contribution >= 4 is 17.1 Å². The second-order valence-corrected chi connectivity index (χ2v) is 4.96. The number of benzene rings is 2. The van der Waals surface area contributed by atoms with Crippen LogP contribution in [0.4, 0.5) is 17.1 Å². The van der Waals surface area contributed by atoms with E-state index in [0.717, 1.165) is 11.1 Å². The van der Waals surface area contributed by atoms with Crippen LogP contribution >= 0.6 is 0 Å². The first-order valence-electron chi connectivity index (χ1n) is 6.78. The van der Waals surface area contributed by atoms with Gasteiger partial charge in [0.25, 0.3) is 5.56 Å². The number of hydrogen-bond donors (Lipinski definition) is 3. The van der Waals surface area contributed by atoms with Crippen molar-refractivity contribution in [3.8, 4) is 11.3 Å². The number of aromatic nitrogens is 2. The summed E-state index contributed by atoms with van der Waals surface area (Å²) in [5.74, 6) is 0. The lowest BCUT2D eigenvalue weighted by Crippen LogP contribution is -1.96. The second kappa shape index (κ2) is 5.69. The van der Waals surface area contributed by atoms with E-state index in [1.54, 1.807) is 12.1 Å². The Morgan fingerprint density at radius 3 is 2.50 bits per heavy atom. The summed E-state index contributed by atoms with van der Waals surface area (Å²) in [6, 6.07) is 14.8. The number of nitrogen functional groups attached to an aromatic ring is 1. The molecule has 0 aliphatic heterocycles. The van der Waals surface area contributed by atoms with Gasteiger partial charge in [-0.1, -0.05) is 29.8 Å². The van der Waals surface area contributed by atoms with E-state index in [1.807, 2.05) is 43.3 Å². The minimum Gasteiger partial charge on any atom is -0.399 e. The number of nitrogens with two attached hydrogens (primary N) is 1. The van der Waals surface area contributed by atoms with E-state index in [2.05, 4.69) is 20.4 Å². The minimum absolute atomic E-state index is 0.228. The summed E-state index contributed by atoms with van der Waals surface area (Å²) in [6.45, 7) is 2.00. The molecule has 0 spiro atoms. The fourth-order valence-corrected chi connectivity index (χ4v) is 2.07. The van der Waals surface area contributed by atoms with Crippen LogP contribution in [0.5, 0.6) is 0 Å². The zero-order valence-corrected chi connectivity index (χ0v) is 12.0. The number of nitrogens with zero attached hydrogens (tertiary/aromatic N) is 2. The molecule has 1 heterocycles. The Morgan fingerprint density at radius 1 is 1.00 bits per heavy atom. The summed E-state index contributed by atoms with van der Waals surface area (Å²) in [5.41, 5.74) is 9.45. The molecule has 2 aromatic carbocycles. The van der Waals surface area contributed by atoms with Gasteiger partial charge in [-0.25, -0.2) is 0 Å². The monoisotopic (exact) mass is 293 g/mol. The van der Waals surface area contributed by atoms with Crippen LogP contribution in [0.25, 0.3) is 11.3 Å². The van der Waals surface area contributed by atoms with Gasteiger partial charge in [-0.15, -0.1) is 5.11 Å². The van der Waals surface area contributed by atoms with Crippen LogP contribution in [0.15, 0.2) is 63.6 Å². The minimum atomic E-state index is -0.326. The van der Waals surface area contributed by atoms with Gasteiger partial charge in [0, 0.05) is 11.3 Å². The Labute approximate surface area is 126 Å². The van der Waals surface area contributed by atoms with Gasteiger partial charge in [0.15, 0.2) is 5.69 Å². The Hall–Kier alpha value is -3.15. The van der Waals surface area contributed by atoms with Gasteiger partial charge < -0.3 is 5.73 Å². The van der Waals surface area contributed by atoms with Gasteiger partial charge in [0.1, 0.15) is 0 Å². The fraction of sp³-hybridized carbons (Fsp3) is 0.0625. The van der Waals surface area contributed by atoms with E-state index in [-0.39, 0.29) is 11.2 Å². The molecule has 4 N–H and O–H groups in total. The second-order valence-electron chi connectivity index (χ2n) is 4.96. The Balaban J connectivity index is 1.99. The van der Waals surface area contributed by atoms with Crippen molar-refractivity contribution in [2.75, 3.05) is 5.73 Å². The first-order chi connectivity index (χ1) is 10.6. The van der Waals surface area contributed by atoms with Gasteiger partial charge in [0.2, 0.25) is 0 Å². The molecule has 0 fully saturated rings. The number of nitrogens with one attached hydrogen (secondary N) is 2. The van der Waals surface area contributed by atoms with E-state index in [9.17, 15) is 4.79 Å².